The quantitative estimate of drug-likeness (QED) is 0.403. The Hall–Kier alpha value is -1.14. The fourth-order valence-corrected chi connectivity index (χ4v) is 0.939. The Morgan fingerprint density at radius 2 is 1.62 bits per heavy atom. The third-order valence-corrected chi connectivity index (χ3v) is 1.77. The van der Waals surface area contributed by atoms with Crippen molar-refractivity contribution in [3.63, 3.8) is 0 Å². The molecule has 0 aromatic carbocycles. The van der Waals surface area contributed by atoms with Crippen molar-refractivity contribution in [2.24, 2.45) is 0 Å². The van der Waals surface area contributed by atoms with Gasteiger partial charge in [-0.05, 0) is 12.8 Å². The highest BCUT2D eigenvalue weighted by molar-refractivity contribution is 5.82. The van der Waals surface area contributed by atoms with Crippen molar-refractivity contribution in [2.45, 2.75) is 38.9 Å². The Kier molecular flexibility index (Phi) is 8.46. The molecule has 0 radical (unpaired) electrons. The molecular weight excluding hydrogens is 216 g/mol. The van der Waals surface area contributed by atoms with Gasteiger partial charge in [-0.15, -0.1) is 0 Å². The number of carbonyl (C=O) groups excluding carboxylic acids is 2. The van der Waals surface area contributed by atoms with E-state index in [2.05, 4.69) is 16.4 Å². The van der Waals surface area contributed by atoms with Crippen LogP contribution in [0, 0.1) is 0 Å². The third kappa shape index (κ3) is 9.42. The first-order valence-electron chi connectivity index (χ1n) is 5.23. The number of cyclic esters (lactones) is 2. The van der Waals surface area contributed by atoms with Gasteiger partial charge in [0, 0.05) is 0 Å². The van der Waals surface area contributed by atoms with Gasteiger partial charge in [0.25, 0.3) is 0 Å². The second-order valence-corrected chi connectivity index (χ2v) is 3.30. The summed E-state index contributed by atoms with van der Waals surface area (Å²) in [6.07, 6.45) is 2.58. The second-order valence-electron chi connectivity index (χ2n) is 3.30. The Bertz CT molecular complexity index is 185. The number of aliphatic hydroxyl groups excluding tert-OH is 1. The average Bonchev–Trinajstić information content (AvgIpc) is 2.23. The average molecular weight is 234 g/mol. The normalized spacial score (nSPS) is 15.0. The van der Waals surface area contributed by atoms with Gasteiger partial charge < -0.3 is 19.7 Å². The zero-order valence-electron chi connectivity index (χ0n) is 9.35. The van der Waals surface area contributed by atoms with Gasteiger partial charge in [-0.25, -0.2) is 9.59 Å². The van der Waals surface area contributed by atoms with Gasteiger partial charge in [0.2, 0.25) is 0 Å². The number of hydrogen-bond donors (Lipinski definition) is 2. The summed E-state index contributed by atoms with van der Waals surface area (Å²) < 4.78 is 8.55. The molecule has 1 saturated heterocycles. The van der Waals surface area contributed by atoms with Crippen LogP contribution in [0.3, 0.4) is 0 Å². The number of carbonyl (C=O) groups is 2. The van der Waals surface area contributed by atoms with E-state index < -0.39 is 18.2 Å². The van der Waals surface area contributed by atoms with E-state index in [9.17, 15) is 9.59 Å². The van der Waals surface area contributed by atoms with Gasteiger partial charge >= 0.3 is 11.9 Å². The molecule has 94 valence electrons. The molecule has 2 N–H and O–H groups in total. The molecule has 0 aromatic rings. The van der Waals surface area contributed by atoms with Crippen LogP contribution in [0.1, 0.15) is 32.6 Å². The lowest BCUT2D eigenvalue weighted by atomic mass is 10.2. The summed E-state index contributed by atoms with van der Waals surface area (Å²) in [4.78, 5) is 20.2. The van der Waals surface area contributed by atoms with E-state index in [4.69, 9.17) is 10.2 Å². The summed E-state index contributed by atoms with van der Waals surface area (Å²) >= 11 is 0. The van der Waals surface area contributed by atoms with Crippen LogP contribution in [0.15, 0.2) is 0 Å². The van der Waals surface area contributed by atoms with Gasteiger partial charge in [-0.1, -0.05) is 19.8 Å². The fourth-order valence-electron chi connectivity index (χ4n) is 0.939. The van der Waals surface area contributed by atoms with Crippen LogP contribution in [0.25, 0.3) is 0 Å². The van der Waals surface area contributed by atoms with Crippen molar-refractivity contribution in [1.29, 1.82) is 0 Å². The lowest BCUT2D eigenvalue weighted by Gasteiger charge is -2.09. The van der Waals surface area contributed by atoms with E-state index in [0.717, 1.165) is 19.3 Å². The van der Waals surface area contributed by atoms with Crippen molar-refractivity contribution in [3.8, 4) is 0 Å². The van der Waals surface area contributed by atoms with Crippen molar-refractivity contribution in [3.05, 3.63) is 0 Å². The minimum absolute atomic E-state index is 0.237. The van der Waals surface area contributed by atoms with Crippen LogP contribution in [0.4, 0.5) is 0 Å². The van der Waals surface area contributed by atoms with Gasteiger partial charge in [0.05, 0.1) is 0 Å². The van der Waals surface area contributed by atoms with Crippen molar-refractivity contribution in [2.75, 3.05) is 13.2 Å². The number of unbranched alkanes of at least 4 members (excludes halogenated alkanes) is 2. The first kappa shape index (κ1) is 14.9. The minimum atomic E-state index is -1.10. The van der Waals surface area contributed by atoms with E-state index in [1.165, 1.54) is 0 Å². The Morgan fingerprint density at radius 1 is 1.12 bits per heavy atom. The van der Waals surface area contributed by atoms with Gasteiger partial charge in [0.1, 0.15) is 0 Å². The summed E-state index contributed by atoms with van der Waals surface area (Å²) in [5.74, 6) is -0.964. The topological polar surface area (TPSA) is 93.1 Å². The minimum Gasteiger partial charge on any atom is -0.451 e. The number of ether oxygens (including phenoxy) is 2. The van der Waals surface area contributed by atoms with Crippen LogP contribution < -0.4 is 0 Å². The standard InChI is InChI=1S/C6H14O2.C4H4O4/c1-2-3-4-5-6(7)8;5-3-1-7-4(6)2-8-3/h6-8H,2-5H2,1H3;1-2H2. The largest absolute Gasteiger partial charge is 0.451 e. The molecule has 1 aliphatic heterocycles. The van der Waals surface area contributed by atoms with Gasteiger partial charge in [-0.2, -0.15) is 0 Å². The molecule has 1 fully saturated rings. The Morgan fingerprint density at radius 3 is 1.94 bits per heavy atom. The molecule has 6 heteroatoms. The first-order chi connectivity index (χ1) is 7.56. The molecule has 0 saturated carbocycles. The number of hydrogen-bond acceptors (Lipinski definition) is 6. The molecule has 0 aromatic heterocycles. The fraction of sp³-hybridized carbons (Fsp3) is 0.800. The summed E-state index contributed by atoms with van der Waals surface area (Å²) in [5, 5.41) is 16.7. The van der Waals surface area contributed by atoms with Crippen LogP contribution in [0.2, 0.25) is 0 Å². The lowest BCUT2D eigenvalue weighted by molar-refractivity contribution is -0.174. The van der Waals surface area contributed by atoms with Crippen molar-refractivity contribution < 1.29 is 29.3 Å². The predicted molar refractivity (Wildman–Crippen MR) is 54.3 cm³/mol. The highest BCUT2D eigenvalue weighted by Gasteiger charge is 2.16. The van der Waals surface area contributed by atoms with Crippen molar-refractivity contribution in [1.82, 2.24) is 0 Å². The zero-order valence-corrected chi connectivity index (χ0v) is 9.35. The SMILES string of the molecule is CCCCCC(O)O.O=C1COC(=O)CO1. The second kappa shape index (κ2) is 9.11. The number of aliphatic hydroxyl groups is 2. The Labute approximate surface area is 94.2 Å². The highest BCUT2D eigenvalue weighted by atomic mass is 16.6. The maximum atomic E-state index is 10.1. The van der Waals surface area contributed by atoms with Crippen LogP contribution in [-0.4, -0.2) is 41.7 Å². The van der Waals surface area contributed by atoms with Gasteiger partial charge in [-0.3, -0.25) is 0 Å². The van der Waals surface area contributed by atoms with Crippen molar-refractivity contribution >= 4 is 11.9 Å². The zero-order chi connectivity index (χ0) is 12.4. The van der Waals surface area contributed by atoms with E-state index in [1.807, 2.05) is 0 Å². The van der Waals surface area contributed by atoms with Crippen LogP contribution >= 0.6 is 0 Å². The summed E-state index contributed by atoms with van der Waals surface area (Å²) in [5.41, 5.74) is 0. The molecular formula is C10H18O6. The third-order valence-electron chi connectivity index (χ3n) is 1.77. The van der Waals surface area contributed by atoms with E-state index in [0.29, 0.717) is 6.42 Å². The van der Waals surface area contributed by atoms with E-state index >= 15 is 0 Å². The summed E-state index contributed by atoms with van der Waals surface area (Å²) in [7, 11) is 0. The molecule has 16 heavy (non-hydrogen) atoms. The predicted octanol–water partition coefficient (Wildman–Crippen LogP) is -0.0362. The maximum Gasteiger partial charge on any atom is 0.344 e. The monoisotopic (exact) mass is 234 g/mol. The summed E-state index contributed by atoms with van der Waals surface area (Å²) in [6.45, 7) is 1.61. The summed E-state index contributed by atoms with van der Waals surface area (Å²) in [6, 6.07) is 0. The first-order valence-corrected chi connectivity index (χ1v) is 5.23. The lowest BCUT2D eigenvalue weighted by Crippen LogP contribution is -2.27. The molecule has 0 amide bonds. The smallest absolute Gasteiger partial charge is 0.344 e. The highest BCUT2D eigenvalue weighted by Crippen LogP contribution is 1.99. The molecule has 0 unspecified atom stereocenters. The number of rotatable bonds is 4. The van der Waals surface area contributed by atoms with Gasteiger partial charge in [0.15, 0.2) is 19.5 Å². The molecule has 6 nitrogen and oxygen atoms in total. The van der Waals surface area contributed by atoms with E-state index in [-0.39, 0.29) is 13.2 Å². The Balaban J connectivity index is 0.000000281. The molecule has 0 bridgehead atoms. The molecule has 1 heterocycles. The van der Waals surface area contributed by atoms with Crippen LogP contribution in [-0.2, 0) is 19.1 Å². The maximum absolute atomic E-state index is 10.1. The van der Waals surface area contributed by atoms with Crippen LogP contribution in [0.5, 0.6) is 0 Å². The molecule has 0 atom stereocenters. The number of esters is 2. The molecule has 0 spiro atoms. The molecule has 1 aliphatic rings. The molecule has 0 aliphatic carbocycles. The molecule has 1 rings (SSSR count). The van der Waals surface area contributed by atoms with E-state index in [1.54, 1.807) is 0 Å².